The Morgan fingerprint density at radius 2 is 1.96 bits per heavy atom. The Hall–Kier alpha value is -2.82. The number of rotatable bonds is 5. The molecule has 1 fully saturated rings. The molecule has 1 aliphatic carbocycles. The molecule has 134 valence electrons. The molecule has 26 heavy (non-hydrogen) atoms. The van der Waals surface area contributed by atoms with Gasteiger partial charge in [-0.05, 0) is 48.1 Å². The lowest BCUT2D eigenvalue weighted by Crippen LogP contribution is -2.41. The van der Waals surface area contributed by atoms with Crippen LogP contribution in [0, 0.1) is 5.82 Å². The number of H-pyrrole nitrogens is 1. The van der Waals surface area contributed by atoms with Gasteiger partial charge in [0.15, 0.2) is 5.96 Å². The normalized spacial score (nSPS) is 15.8. The molecule has 0 aliphatic heterocycles. The molecule has 4 nitrogen and oxygen atoms in total. The predicted octanol–water partition coefficient (Wildman–Crippen LogP) is 3.70. The molecule has 1 aliphatic rings. The maximum atomic E-state index is 13.5. The van der Waals surface area contributed by atoms with Gasteiger partial charge in [-0.2, -0.15) is 0 Å². The van der Waals surface area contributed by atoms with Crippen molar-refractivity contribution in [2.45, 2.75) is 24.8 Å². The summed E-state index contributed by atoms with van der Waals surface area (Å²) in [4.78, 5) is 7.71. The third-order valence-corrected chi connectivity index (χ3v) is 5.14. The van der Waals surface area contributed by atoms with Crippen molar-refractivity contribution in [2.24, 2.45) is 4.99 Å². The van der Waals surface area contributed by atoms with Gasteiger partial charge in [-0.15, -0.1) is 0 Å². The Labute approximate surface area is 152 Å². The highest BCUT2D eigenvalue weighted by Gasteiger charge is 2.44. The second kappa shape index (κ2) is 6.83. The molecule has 1 aromatic heterocycles. The number of aromatic nitrogens is 1. The van der Waals surface area contributed by atoms with Crippen molar-refractivity contribution in [1.29, 1.82) is 0 Å². The second-order valence-electron chi connectivity index (χ2n) is 6.95. The quantitative estimate of drug-likeness (QED) is 0.485. The van der Waals surface area contributed by atoms with E-state index in [0.717, 1.165) is 42.1 Å². The first-order valence-electron chi connectivity index (χ1n) is 8.96. The number of benzene rings is 2. The number of nitrogens with one attached hydrogen (secondary N) is 3. The Kier molecular flexibility index (Phi) is 4.37. The lowest BCUT2D eigenvalue weighted by atomic mass is 9.96. The lowest BCUT2D eigenvalue weighted by molar-refractivity contribution is 0.607. The number of fused-ring (bicyclic) bond motifs is 1. The Morgan fingerprint density at radius 1 is 1.12 bits per heavy atom. The van der Waals surface area contributed by atoms with Gasteiger partial charge < -0.3 is 15.6 Å². The van der Waals surface area contributed by atoms with Crippen molar-refractivity contribution in [2.75, 3.05) is 13.6 Å². The predicted molar refractivity (Wildman–Crippen MR) is 104 cm³/mol. The summed E-state index contributed by atoms with van der Waals surface area (Å²) >= 11 is 0. The molecule has 4 rings (SSSR count). The van der Waals surface area contributed by atoms with Gasteiger partial charge in [-0.1, -0.05) is 30.3 Å². The average Bonchev–Trinajstić information content (AvgIpc) is 3.33. The van der Waals surface area contributed by atoms with E-state index >= 15 is 0 Å². The zero-order valence-electron chi connectivity index (χ0n) is 14.8. The van der Waals surface area contributed by atoms with Crippen LogP contribution in [0.1, 0.15) is 24.1 Å². The first-order valence-corrected chi connectivity index (χ1v) is 8.96. The van der Waals surface area contributed by atoms with Gasteiger partial charge in [0, 0.05) is 30.2 Å². The maximum Gasteiger partial charge on any atom is 0.191 e. The molecule has 1 heterocycles. The number of guanidine groups is 1. The van der Waals surface area contributed by atoms with Crippen LogP contribution in [-0.2, 0) is 12.0 Å². The van der Waals surface area contributed by atoms with Crippen molar-refractivity contribution in [1.82, 2.24) is 15.6 Å². The summed E-state index contributed by atoms with van der Waals surface area (Å²) in [7, 11) is 1.77. The van der Waals surface area contributed by atoms with Crippen LogP contribution < -0.4 is 10.6 Å². The van der Waals surface area contributed by atoms with E-state index in [9.17, 15) is 4.39 Å². The minimum atomic E-state index is -0.171. The van der Waals surface area contributed by atoms with E-state index in [1.165, 1.54) is 11.5 Å². The van der Waals surface area contributed by atoms with E-state index in [0.29, 0.717) is 6.54 Å². The number of hydrogen-bond donors (Lipinski definition) is 3. The molecule has 3 N–H and O–H groups in total. The standard InChI is InChI=1S/C21H23FN4/c1-23-20(24-13-18-11-15-5-2-3-8-19(15)26-18)25-14-21(9-10-21)16-6-4-7-17(22)12-16/h2-8,11-12,26H,9-10,13-14H2,1H3,(H2,23,24,25). The highest BCUT2D eigenvalue weighted by atomic mass is 19.1. The van der Waals surface area contributed by atoms with Crippen LogP contribution in [0.4, 0.5) is 4.39 Å². The molecule has 0 spiro atoms. The van der Waals surface area contributed by atoms with E-state index in [2.05, 4.69) is 38.8 Å². The smallest absolute Gasteiger partial charge is 0.191 e. The third-order valence-electron chi connectivity index (χ3n) is 5.14. The van der Waals surface area contributed by atoms with E-state index < -0.39 is 0 Å². The van der Waals surface area contributed by atoms with Crippen molar-refractivity contribution >= 4 is 16.9 Å². The van der Waals surface area contributed by atoms with Crippen molar-refractivity contribution in [3.8, 4) is 0 Å². The Bertz CT molecular complexity index is 907. The number of aromatic amines is 1. The summed E-state index contributed by atoms with van der Waals surface area (Å²) in [6, 6.07) is 17.3. The van der Waals surface area contributed by atoms with Crippen LogP contribution in [0.3, 0.4) is 0 Å². The van der Waals surface area contributed by atoms with Crippen LogP contribution >= 0.6 is 0 Å². The van der Waals surface area contributed by atoms with Crippen LogP contribution in [0.2, 0.25) is 0 Å². The number of hydrogen-bond acceptors (Lipinski definition) is 1. The zero-order chi connectivity index (χ0) is 18.0. The molecule has 3 aromatic rings. The number of nitrogens with zero attached hydrogens (tertiary/aromatic N) is 1. The molecular formula is C21H23FN4. The van der Waals surface area contributed by atoms with Crippen molar-refractivity contribution in [3.63, 3.8) is 0 Å². The molecule has 0 radical (unpaired) electrons. The number of para-hydroxylation sites is 1. The summed E-state index contributed by atoms with van der Waals surface area (Å²) < 4.78 is 13.5. The highest BCUT2D eigenvalue weighted by Crippen LogP contribution is 2.47. The molecular weight excluding hydrogens is 327 g/mol. The fourth-order valence-electron chi connectivity index (χ4n) is 3.42. The monoisotopic (exact) mass is 350 g/mol. The van der Waals surface area contributed by atoms with Gasteiger partial charge in [0.25, 0.3) is 0 Å². The minimum absolute atomic E-state index is 0.0286. The van der Waals surface area contributed by atoms with Crippen molar-refractivity contribution in [3.05, 3.63) is 71.7 Å². The molecule has 0 unspecified atom stereocenters. The fourth-order valence-corrected chi connectivity index (χ4v) is 3.42. The van der Waals surface area contributed by atoms with Gasteiger partial charge in [-0.3, -0.25) is 4.99 Å². The van der Waals surface area contributed by atoms with Gasteiger partial charge in [0.2, 0.25) is 0 Å². The molecule has 1 saturated carbocycles. The zero-order valence-corrected chi connectivity index (χ0v) is 14.8. The van der Waals surface area contributed by atoms with Crippen LogP contribution in [0.25, 0.3) is 10.9 Å². The van der Waals surface area contributed by atoms with Gasteiger partial charge in [0.1, 0.15) is 5.82 Å². The molecule has 5 heteroatoms. The molecule has 2 aromatic carbocycles. The molecule has 0 amide bonds. The molecule has 0 bridgehead atoms. The maximum absolute atomic E-state index is 13.5. The van der Waals surface area contributed by atoms with Crippen LogP contribution in [0.5, 0.6) is 0 Å². The summed E-state index contributed by atoms with van der Waals surface area (Å²) in [6.07, 6.45) is 2.14. The fraction of sp³-hybridized carbons (Fsp3) is 0.286. The topological polar surface area (TPSA) is 52.2 Å². The van der Waals surface area contributed by atoms with Crippen LogP contribution in [0.15, 0.2) is 59.6 Å². The average molecular weight is 350 g/mol. The van der Waals surface area contributed by atoms with Crippen molar-refractivity contribution < 1.29 is 4.39 Å². The Morgan fingerprint density at radius 3 is 2.69 bits per heavy atom. The molecule has 0 atom stereocenters. The largest absolute Gasteiger partial charge is 0.357 e. The Balaban J connectivity index is 1.36. The van der Waals surface area contributed by atoms with E-state index in [1.807, 2.05) is 18.2 Å². The summed E-state index contributed by atoms with van der Waals surface area (Å²) in [5.74, 6) is 0.585. The minimum Gasteiger partial charge on any atom is -0.357 e. The van der Waals surface area contributed by atoms with E-state index in [-0.39, 0.29) is 11.2 Å². The highest BCUT2D eigenvalue weighted by molar-refractivity contribution is 5.81. The van der Waals surface area contributed by atoms with E-state index in [1.54, 1.807) is 19.2 Å². The first kappa shape index (κ1) is 16.6. The van der Waals surface area contributed by atoms with Gasteiger partial charge in [-0.25, -0.2) is 4.39 Å². The summed E-state index contributed by atoms with van der Waals surface area (Å²) in [6.45, 7) is 1.42. The molecule has 0 saturated heterocycles. The van der Waals surface area contributed by atoms with Crippen LogP contribution in [-0.4, -0.2) is 24.5 Å². The first-order chi connectivity index (χ1) is 12.7. The van der Waals surface area contributed by atoms with Gasteiger partial charge in [0.05, 0.1) is 6.54 Å². The SMILES string of the molecule is CN=C(NCc1cc2ccccc2[nH]1)NCC1(c2cccc(F)c2)CC1. The summed E-state index contributed by atoms with van der Waals surface area (Å²) in [5.41, 5.74) is 3.34. The van der Waals surface area contributed by atoms with E-state index in [4.69, 9.17) is 0 Å². The second-order valence-corrected chi connectivity index (χ2v) is 6.95. The van der Waals surface area contributed by atoms with Gasteiger partial charge >= 0.3 is 0 Å². The third kappa shape index (κ3) is 3.43. The lowest BCUT2D eigenvalue weighted by Gasteiger charge is -2.19. The summed E-state index contributed by atoms with van der Waals surface area (Å²) in [5, 5.41) is 7.94. The number of halogens is 1. The number of aliphatic imine (C=N–C) groups is 1.